The highest BCUT2D eigenvalue weighted by Crippen LogP contribution is 2.14. The minimum absolute atomic E-state index is 0.114. The van der Waals surface area contributed by atoms with Crippen molar-refractivity contribution in [2.75, 3.05) is 32.9 Å². The van der Waals surface area contributed by atoms with Crippen LogP contribution in [0, 0.1) is 5.92 Å². The summed E-state index contributed by atoms with van der Waals surface area (Å²) in [5.74, 6) is -1.67. The number of carbonyl (C=O) groups is 2. The van der Waals surface area contributed by atoms with Gasteiger partial charge in [0.1, 0.15) is 5.92 Å². The molecule has 7 heteroatoms. The van der Waals surface area contributed by atoms with Crippen molar-refractivity contribution in [1.29, 1.82) is 0 Å². The molecule has 1 rings (SSSR count). The highest BCUT2D eigenvalue weighted by molar-refractivity contribution is 5.77. The summed E-state index contributed by atoms with van der Waals surface area (Å²) in [7, 11) is 0. The summed E-state index contributed by atoms with van der Waals surface area (Å²) in [6.07, 6.45) is 0.775. The zero-order valence-electron chi connectivity index (χ0n) is 10.5. The molecule has 0 aliphatic carbocycles. The molecule has 1 aliphatic heterocycles. The molecule has 0 aromatic carbocycles. The molecule has 2 atom stereocenters. The van der Waals surface area contributed by atoms with Crippen molar-refractivity contribution in [2.24, 2.45) is 5.92 Å². The Kier molecular flexibility index (Phi) is 5.87. The third kappa shape index (κ3) is 3.85. The largest absolute Gasteiger partial charge is 0.481 e. The van der Waals surface area contributed by atoms with Crippen LogP contribution in [0.25, 0.3) is 0 Å². The number of nitrogens with one attached hydrogen (secondary N) is 1. The van der Waals surface area contributed by atoms with Crippen LogP contribution in [0.15, 0.2) is 0 Å². The van der Waals surface area contributed by atoms with E-state index in [2.05, 4.69) is 5.32 Å². The molecule has 1 aliphatic rings. The summed E-state index contributed by atoms with van der Waals surface area (Å²) in [6.45, 7) is 2.91. The molecule has 1 heterocycles. The molecule has 3 N–H and O–H groups in total. The molecule has 0 aromatic heterocycles. The molecule has 0 saturated carbocycles. The maximum atomic E-state index is 11.9. The average Bonchev–Trinajstić information content (AvgIpc) is 2.77. The fourth-order valence-corrected chi connectivity index (χ4v) is 1.90. The number of carbonyl (C=O) groups excluding carboxylic acids is 1. The highest BCUT2D eigenvalue weighted by atomic mass is 16.5. The van der Waals surface area contributed by atoms with Crippen LogP contribution in [0.5, 0.6) is 0 Å². The molecule has 104 valence electrons. The van der Waals surface area contributed by atoms with E-state index in [1.807, 2.05) is 6.92 Å². The first-order valence-electron chi connectivity index (χ1n) is 6.07. The minimum Gasteiger partial charge on any atom is -0.481 e. The summed E-state index contributed by atoms with van der Waals surface area (Å²) in [4.78, 5) is 24.3. The van der Waals surface area contributed by atoms with E-state index in [1.165, 1.54) is 4.90 Å². The quantitative estimate of drug-likeness (QED) is 0.598. The maximum Gasteiger partial charge on any atom is 0.317 e. The van der Waals surface area contributed by atoms with Crippen molar-refractivity contribution < 1.29 is 24.5 Å². The van der Waals surface area contributed by atoms with Gasteiger partial charge in [0.2, 0.25) is 0 Å². The molecular weight excluding hydrogens is 240 g/mol. The fourth-order valence-electron chi connectivity index (χ4n) is 1.90. The van der Waals surface area contributed by atoms with E-state index >= 15 is 0 Å². The summed E-state index contributed by atoms with van der Waals surface area (Å²) in [5.41, 5.74) is 0. The Morgan fingerprint density at radius 1 is 1.39 bits per heavy atom. The first-order chi connectivity index (χ1) is 8.60. The van der Waals surface area contributed by atoms with Gasteiger partial charge in [0.25, 0.3) is 0 Å². The Hall–Kier alpha value is -1.34. The van der Waals surface area contributed by atoms with Crippen molar-refractivity contribution in [3.8, 4) is 0 Å². The number of ether oxygens (including phenoxy) is 1. The lowest BCUT2D eigenvalue weighted by Gasteiger charge is -2.24. The second kappa shape index (κ2) is 7.17. The number of amides is 2. The van der Waals surface area contributed by atoms with Crippen molar-refractivity contribution in [1.82, 2.24) is 10.2 Å². The van der Waals surface area contributed by atoms with Crippen LogP contribution < -0.4 is 5.32 Å². The summed E-state index contributed by atoms with van der Waals surface area (Å²) < 4.78 is 5.07. The molecule has 2 unspecified atom stereocenters. The third-order valence-corrected chi connectivity index (χ3v) is 2.86. The second-order valence-electron chi connectivity index (χ2n) is 4.25. The molecule has 7 nitrogen and oxygen atoms in total. The Labute approximate surface area is 106 Å². The Balaban J connectivity index is 2.53. The summed E-state index contributed by atoms with van der Waals surface area (Å²) >= 11 is 0. The normalized spacial score (nSPS) is 22.8. The van der Waals surface area contributed by atoms with Crippen LogP contribution in [0.4, 0.5) is 4.79 Å². The van der Waals surface area contributed by atoms with Gasteiger partial charge in [-0.3, -0.25) is 4.79 Å². The van der Waals surface area contributed by atoms with Gasteiger partial charge in [0, 0.05) is 13.1 Å². The number of urea groups is 1. The Morgan fingerprint density at radius 2 is 2.11 bits per heavy atom. The minimum atomic E-state index is -0.970. The Bertz CT molecular complexity index is 291. The van der Waals surface area contributed by atoms with Crippen LogP contribution in [0.2, 0.25) is 0 Å². The van der Waals surface area contributed by atoms with Gasteiger partial charge in [-0.15, -0.1) is 0 Å². The van der Waals surface area contributed by atoms with E-state index in [4.69, 9.17) is 14.9 Å². The predicted molar refractivity (Wildman–Crippen MR) is 63.2 cm³/mol. The SMILES string of the molecule is CCCN(CCO)C(=O)NC1COCC1C(=O)O. The number of carboxylic acids is 1. The molecule has 2 amide bonds. The monoisotopic (exact) mass is 260 g/mol. The lowest BCUT2D eigenvalue weighted by atomic mass is 10.0. The zero-order valence-corrected chi connectivity index (χ0v) is 10.5. The molecule has 0 radical (unpaired) electrons. The molecule has 0 spiro atoms. The van der Waals surface area contributed by atoms with Crippen molar-refractivity contribution in [3.05, 3.63) is 0 Å². The summed E-state index contributed by atoms with van der Waals surface area (Å²) in [5, 5.41) is 20.5. The lowest BCUT2D eigenvalue weighted by Crippen LogP contribution is -2.49. The van der Waals surface area contributed by atoms with E-state index in [0.717, 1.165) is 6.42 Å². The van der Waals surface area contributed by atoms with Crippen molar-refractivity contribution >= 4 is 12.0 Å². The van der Waals surface area contributed by atoms with Gasteiger partial charge >= 0.3 is 12.0 Å². The number of hydrogen-bond acceptors (Lipinski definition) is 4. The van der Waals surface area contributed by atoms with Gasteiger partial charge in [0.05, 0.1) is 25.9 Å². The predicted octanol–water partition coefficient (Wildman–Crippen LogP) is -0.500. The number of aliphatic hydroxyl groups is 1. The number of aliphatic carboxylic acids is 1. The Morgan fingerprint density at radius 3 is 2.67 bits per heavy atom. The van der Waals surface area contributed by atoms with Crippen LogP contribution in [-0.4, -0.2) is 66.1 Å². The second-order valence-corrected chi connectivity index (χ2v) is 4.25. The van der Waals surface area contributed by atoms with Crippen molar-refractivity contribution in [2.45, 2.75) is 19.4 Å². The van der Waals surface area contributed by atoms with Gasteiger partial charge in [-0.2, -0.15) is 0 Å². The number of nitrogens with zero attached hydrogens (tertiary/aromatic N) is 1. The van der Waals surface area contributed by atoms with Crippen LogP contribution in [-0.2, 0) is 9.53 Å². The first kappa shape index (κ1) is 14.7. The average molecular weight is 260 g/mol. The van der Waals surface area contributed by atoms with Gasteiger partial charge < -0.3 is 25.2 Å². The molecule has 1 saturated heterocycles. The number of aliphatic hydroxyl groups excluding tert-OH is 1. The van der Waals surface area contributed by atoms with Gasteiger partial charge in [-0.05, 0) is 6.42 Å². The fraction of sp³-hybridized carbons (Fsp3) is 0.818. The molecular formula is C11H20N2O5. The van der Waals surface area contributed by atoms with Gasteiger partial charge in [-0.1, -0.05) is 6.92 Å². The van der Waals surface area contributed by atoms with Crippen LogP contribution in [0.3, 0.4) is 0 Å². The van der Waals surface area contributed by atoms with E-state index in [-0.39, 0.29) is 32.4 Å². The first-order valence-corrected chi connectivity index (χ1v) is 6.07. The number of rotatable bonds is 6. The molecule has 1 fully saturated rings. The van der Waals surface area contributed by atoms with Crippen molar-refractivity contribution in [3.63, 3.8) is 0 Å². The van der Waals surface area contributed by atoms with Crippen LogP contribution in [0.1, 0.15) is 13.3 Å². The van der Waals surface area contributed by atoms with Gasteiger partial charge in [-0.25, -0.2) is 4.79 Å². The van der Waals surface area contributed by atoms with Crippen LogP contribution >= 0.6 is 0 Å². The van der Waals surface area contributed by atoms with Gasteiger partial charge in [0.15, 0.2) is 0 Å². The molecule has 0 bridgehead atoms. The number of carboxylic acid groups (broad SMARTS) is 1. The molecule has 18 heavy (non-hydrogen) atoms. The molecule has 0 aromatic rings. The maximum absolute atomic E-state index is 11.9. The summed E-state index contributed by atoms with van der Waals surface area (Å²) in [6, 6.07) is -0.860. The van der Waals surface area contributed by atoms with E-state index in [9.17, 15) is 9.59 Å². The van der Waals surface area contributed by atoms with E-state index in [0.29, 0.717) is 6.54 Å². The van der Waals surface area contributed by atoms with E-state index < -0.39 is 17.9 Å². The standard InChI is InChI=1S/C11H20N2O5/c1-2-3-13(4-5-14)11(17)12-9-7-18-6-8(9)10(15)16/h8-9,14H,2-7H2,1H3,(H,12,17)(H,15,16). The highest BCUT2D eigenvalue weighted by Gasteiger charge is 2.35. The smallest absolute Gasteiger partial charge is 0.317 e. The third-order valence-electron chi connectivity index (χ3n) is 2.86. The number of hydrogen-bond donors (Lipinski definition) is 3. The zero-order chi connectivity index (χ0) is 13.5. The lowest BCUT2D eigenvalue weighted by molar-refractivity contribution is -0.142. The van der Waals surface area contributed by atoms with E-state index in [1.54, 1.807) is 0 Å². The topological polar surface area (TPSA) is 99.1 Å².